The summed E-state index contributed by atoms with van der Waals surface area (Å²) in [5.41, 5.74) is 0. The third-order valence-electron chi connectivity index (χ3n) is 3.74. The Morgan fingerprint density at radius 1 is 1.35 bits per heavy atom. The monoisotopic (exact) mass is 241 g/mol. The average Bonchev–Trinajstić information content (AvgIpc) is 2.33. The molecule has 1 fully saturated rings. The van der Waals surface area contributed by atoms with Crippen LogP contribution < -0.4 is 5.32 Å². The molecule has 0 heterocycles. The van der Waals surface area contributed by atoms with Gasteiger partial charge in [0.1, 0.15) is 0 Å². The van der Waals surface area contributed by atoms with Crippen LogP contribution in [0.25, 0.3) is 0 Å². The minimum absolute atomic E-state index is 0.104. The standard InChI is InChI=1S/C14H27NO2/c1-12-5-3-6-13(11-12)8-10-15-9-4-7-14(16)17-2/h12-13,15H,3-11H2,1-2H3. The molecular weight excluding hydrogens is 214 g/mol. The van der Waals surface area contributed by atoms with Gasteiger partial charge in [0.15, 0.2) is 0 Å². The number of carbonyl (C=O) groups is 1. The number of hydrogen-bond acceptors (Lipinski definition) is 3. The van der Waals surface area contributed by atoms with E-state index in [2.05, 4.69) is 17.0 Å². The Morgan fingerprint density at radius 3 is 2.88 bits per heavy atom. The van der Waals surface area contributed by atoms with Gasteiger partial charge in [0, 0.05) is 6.42 Å². The quantitative estimate of drug-likeness (QED) is 0.550. The molecule has 0 bridgehead atoms. The SMILES string of the molecule is COC(=O)CCCNCCC1CCCC(C)C1. The van der Waals surface area contributed by atoms with Crippen LogP contribution in [0.1, 0.15) is 51.9 Å². The van der Waals surface area contributed by atoms with Crippen LogP contribution in [-0.4, -0.2) is 26.2 Å². The lowest BCUT2D eigenvalue weighted by atomic mass is 9.81. The molecule has 100 valence electrons. The predicted octanol–water partition coefficient (Wildman–Crippen LogP) is 2.75. The fraction of sp³-hybridized carbons (Fsp3) is 0.929. The van der Waals surface area contributed by atoms with Gasteiger partial charge in [-0.05, 0) is 44.2 Å². The Labute approximate surface area is 105 Å². The molecule has 1 N–H and O–H groups in total. The van der Waals surface area contributed by atoms with Gasteiger partial charge in [-0.25, -0.2) is 0 Å². The number of nitrogens with one attached hydrogen (secondary N) is 1. The molecule has 3 nitrogen and oxygen atoms in total. The van der Waals surface area contributed by atoms with E-state index in [1.807, 2.05) is 0 Å². The summed E-state index contributed by atoms with van der Waals surface area (Å²) >= 11 is 0. The molecule has 0 spiro atoms. The van der Waals surface area contributed by atoms with E-state index in [1.54, 1.807) is 0 Å². The number of ether oxygens (including phenoxy) is 1. The van der Waals surface area contributed by atoms with E-state index < -0.39 is 0 Å². The highest BCUT2D eigenvalue weighted by atomic mass is 16.5. The summed E-state index contributed by atoms with van der Waals surface area (Å²) in [4.78, 5) is 10.9. The number of esters is 1. The maximum atomic E-state index is 10.9. The first-order valence-corrected chi connectivity index (χ1v) is 7.00. The van der Waals surface area contributed by atoms with Crippen molar-refractivity contribution in [3.8, 4) is 0 Å². The lowest BCUT2D eigenvalue weighted by Gasteiger charge is -2.26. The Hall–Kier alpha value is -0.570. The Kier molecular flexibility index (Phi) is 7.25. The van der Waals surface area contributed by atoms with E-state index in [-0.39, 0.29) is 5.97 Å². The first-order valence-electron chi connectivity index (χ1n) is 7.00. The molecule has 0 aromatic rings. The molecule has 2 unspecified atom stereocenters. The van der Waals surface area contributed by atoms with Gasteiger partial charge in [-0.1, -0.05) is 26.2 Å². The fourth-order valence-electron chi connectivity index (χ4n) is 2.71. The molecule has 1 aliphatic carbocycles. The molecule has 3 heteroatoms. The first kappa shape index (κ1) is 14.5. The smallest absolute Gasteiger partial charge is 0.305 e. The second kappa shape index (κ2) is 8.51. The highest BCUT2D eigenvalue weighted by Crippen LogP contribution is 2.30. The summed E-state index contributed by atoms with van der Waals surface area (Å²) in [6.45, 7) is 4.39. The molecule has 0 aromatic carbocycles. The second-order valence-corrected chi connectivity index (χ2v) is 5.36. The molecule has 0 radical (unpaired) electrons. The minimum Gasteiger partial charge on any atom is -0.469 e. The summed E-state index contributed by atoms with van der Waals surface area (Å²) in [6.07, 6.45) is 8.36. The molecule has 0 aliphatic heterocycles. The Morgan fingerprint density at radius 2 is 2.18 bits per heavy atom. The van der Waals surface area contributed by atoms with E-state index >= 15 is 0 Å². The van der Waals surface area contributed by atoms with Crippen LogP contribution in [0, 0.1) is 11.8 Å². The van der Waals surface area contributed by atoms with Gasteiger partial charge < -0.3 is 10.1 Å². The normalized spacial score (nSPS) is 24.6. The van der Waals surface area contributed by atoms with Crippen molar-refractivity contribution in [3.63, 3.8) is 0 Å². The molecule has 1 aliphatic rings. The van der Waals surface area contributed by atoms with Gasteiger partial charge in [0.2, 0.25) is 0 Å². The minimum atomic E-state index is -0.104. The number of rotatable bonds is 7. The van der Waals surface area contributed by atoms with Gasteiger partial charge in [0.25, 0.3) is 0 Å². The summed E-state index contributed by atoms with van der Waals surface area (Å²) < 4.78 is 4.60. The zero-order chi connectivity index (χ0) is 12.5. The van der Waals surface area contributed by atoms with Crippen LogP contribution >= 0.6 is 0 Å². The second-order valence-electron chi connectivity index (χ2n) is 5.36. The van der Waals surface area contributed by atoms with Crippen molar-refractivity contribution in [1.82, 2.24) is 5.32 Å². The molecule has 0 saturated heterocycles. The molecule has 0 amide bonds. The van der Waals surface area contributed by atoms with Crippen molar-refractivity contribution in [3.05, 3.63) is 0 Å². The summed E-state index contributed by atoms with van der Waals surface area (Å²) in [6, 6.07) is 0. The maximum absolute atomic E-state index is 10.9. The van der Waals surface area contributed by atoms with Gasteiger partial charge >= 0.3 is 5.97 Å². The van der Waals surface area contributed by atoms with Crippen LogP contribution in [0.4, 0.5) is 0 Å². The van der Waals surface area contributed by atoms with E-state index in [0.717, 1.165) is 31.3 Å². The summed E-state index contributed by atoms with van der Waals surface area (Å²) in [7, 11) is 1.44. The van der Waals surface area contributed by atoms with Crippen molar-refractivity contribution in [2.24, 2.45) is 11.8 Å². The molecule has 1 rings (SSSR count). The van der Waals surface area contributed by atoms with Crippen molar-refractivity contribution in [1.29, 1.82) is 0 Å². The van der Waals surface area contributed by atoms with Crippen LogP contribution in [0.3, 0.4) is 0 Å². The van der Waals surface area contributed by atoms with Gasteiger partial charge in [0.05, 0.1) is 7.11 Å². The highest BCUT2D eigenvalue weighted by Gasteiger charge is 2.17. The van der Waals surface area contributed by atoms with Crippen molar-refractivity contribution in [2.75, 3.05) is 20.2 Å². The van der Waals surface area contributed by atoms with E-state index in [9.17, 15) is 4.79 Å². The zero-order valence-corrected chi connectivity index (χ0v) is 11.3. The predicted molar refractivity (Wildman–Crippen MR) is 69.9 cm³/mol. The molecule has 2 atom stereocenters. The fourth-order valence-corrected chi connectivity index (χ4v) is 2.71. The van der Waals surface area contributed by atoms with Crippen LogP contribution in [0.5, 0.6) is 0 Å². The molecule has 0 aromatic heterocycles. The molecule has 1 saturated carbocycles. The number of hydrogen-bond donors (Lipinski definition) is 1. The number of methoxy groups -OCH3 is 1. The third-order valence-corrected chi connectivity index (χ3v) is 3.74. The lowest BCUT2D eigenvalue weighted by molar-refractivity contribution is -0.140. The zero-order valence-electron chi connectivity index (χ0n) is 11.3. The summed E-state index contributed by atoms with van der Waals surface area (Å²) in [5, 5.41) is 3.42. The topological polar surface area (TPSA) is 38.3 Å². The van der Waals surface area contributed by atoms with E-state index in [4.69, 9.17) is 0 Å². The van der Waals surface area contributed by atoms with Crippen LogP contribution in [0.2, 0.25) is 0 Å². The molecular formula is C14H27NO2. The van der Waals surface area contributed by atoms with Crippen LogP contribution in [0.15, 0.2) is 0 Å². The Balaban J connectivity index is 1.91. The highest BCUT2D eigenvalue weighted by molar-refractivity contribution is 5.68. The number of carbonyl (C=O) groups excluding carboxylic acids is 1. The third kappa shape index (κ3) is 6.67. The van der Waals surface area contributed by atoms with Crippen molar-refractivity contribution < 1.29 is 9.53 Å². The van der Waals surface area contributed by atoms with Gasteiger partial charge in [-0.3, -0.25) is 4.79 Å². The first-order chi connectivity index (χ1) is 8.22. The maximum Gasteiger partial charge on any atom is 0.305 e. The van der Waals surface area contributed by atoms with Crippen molar-refractivity contribution >= 4 is 5.97 Å². The largest absolute Gasteiger partial charge is 0.469 e. The average molecular weight is 241 g/mol. The summed E-state index contributed by atoms with van der Waals surface area (Å²) in [5.74, 6) is 1.74. The Bertz CT molecular complexity index is 218. The van der Waals surface area contributed by atoms with Crippen LogP contribution in [-0.2, 0) is 9.53 Å². The molecule has 17 heavy (non-hydrogen) atoms. The van der Waals surface area contributed by atoms with E-state index in [0.29, 0.717) is 6.42 Å². The van der Waals surface area contributed by atoms with Gasteiger partial charge in [-0.15, -0.1) is 0 Å². The van der Waals surface area contributed by atoms with Gasteiger partial charge in [-0.2, -0.15) is 0 Å². The lowest BCUT2D eigenvalue weighted by Crippen LogP contribution is -2.22. The van der Waals surface area contributed by atoms with E-state index in [1.165, 1.54) is 39.2 Å². The van der Waals surface area contributed by atoms with Crippen molar-refractivity contribution in [2.45, 2.75) is 51.9 Å².